The molecule has 12 heteroatoms. The number of anilines is 2. The number of urea groups is 1. The van der Waals surface area contributed by atoms with Crippen molar-refractivity contribution in [1.29, 1.82) is 0 Å². The van der Waals surface area contributed by atoms with Crippen LogP contribution in [0.2, 0.25) is 10.0 Å². The predicted molar refractivity (Wildman–Crippen MR) is 159 cm³/mol. The predicted octanol–water partition coefficient (Wildman–Crippen LogP) is 5.59. The van der Waals surface area contributed by atoms with Gasteiger partial charge in [0.2, 0.25) is 0 Å². The maximum Gasteiger partial charge on any atom is 0.323 e. The van der Waals surface area contributed by atoms with Gasteiger partial charge in [-0.2, -0.15) is 0 Å². The third kappa shape index (κ3) is 7.32. The molecule has 3 N–H and O–H groups in total. The van der Waals surface area contributed by atoms with Crippen molar-refractivity contribution in [2.75, 3.05) is 37.4 Å². The molecule has 1 aromatic heterocycles. The molecule has 0 saturated heterocycles. The average molecular weight is 605 g/mol. The fourth-order valence-electron chi connectivity index (χ4n) is 4.78. The average Bonchev–Trinajstić information content (AvgIpc) is 3.24. The second-order valence-corrected chi connectivity index (χ2v) is 11.4. The summed E-state index contributed by atoms with van der Waals surface area (Å²) in [6.45, 7) is 8.64. The van der Waals surface area contributed by atoms with Gasteiger partial charge in [0.05, 0.1) is 28.3 Å². The molecule has 220 valence electrons. The number of fused-ring (bicyclic) bond motifs is 1. The molecule has 1 aliphatic rings. The number of nitrogens with one attached hydrogen (secondary N) is 2. The SMILES string of the molecule is Cc1noc(C)c1NC(=O)Nc1ccc2c(c1)C(=O)N([C@@H](C)CO)C[C@@H](C)[C@H](CN(C)Cc1ccc(Cl)c(Cl)c1)O2. The summed E-state index contributed by atoms with van der Waals surface area (Å²) >= 11 is 12.3. The number of aryl methyl sites for hydroxylation is 2. The first-order valence-electron chi connectivity index (χ1n) is 13.3. The Morgan fingerprint density at radius 3 is 2.61 bits per heavy atom. The normalized spacial score (nSPS) is 17.9. The Bertz CT molecular complexity index is 1390. The lowest BCUT2D eigenvalue weighted by atomic mass is 9.99. The summed E-state index contributed by atoms with van der Waals surface area (Å²) in [5.74, 6) is 0.556. The van der Waals surface area contributed by atoms with E-state index in [1.54, 1.807) is 49.9 Å². The Morgan fingerprint density at radius 1 is 1.20 bits per heavy atom. The first-order chi connectivity index (χ1) is 19.5. The van der Waals surface area contributed by atoms with Gasteiger partial charge in [0.15, 0.2) is 5.76 Å². The van der Waals surface area contributed by atoms with Crippen LogP contribution in [0.15, 0.2) is 40.9 Å². The van der Waals surface area contributed by atoms with Gasteiger partial charge in [-0.15, -0.1) is 0 Å². The van der Waals surface area contributed by atoms with Crippen molar-refractivity contribution in [3.05, 3.63) is 69.0 Å². The van der Waals surface area contributed by atoms with Crippen LogP contribution in [-0.2, 0) is 6.54 Å². The lowest BCUT2D eigenvalue weighted by molar-refractivity contribution is 0.0341. The van der Waals surface area contributed by atoms with Gasteiger partial charge in [0.1, 0.15) is 23.2 Å². The molecule has 3 atom stereocenters. The topological polar surface area (TPSA) is 120 Å². The molecule has 41 heavy (non-hydrogen) atoms. The molecule has 0 bridgehead atoms. The van der Waals surface area contributed by atoms with Crippen LogP contribution in [-0.4, -0.2) is 70.9 Å². The van der Waals surface area contributed by atoms with E-state index in [9.17, 15) is 14.7 Å². The number of nitrogens with zero attached hydrogens (tertiary/aromatic N) is 3. The minimum Gasteiger partial charge on any atom is -0.488 e. The number of carbonyl (C=O) groups excluding carboxylic acids is 2. The van der Waals surface area contributed by atoms with E-state index in [1.165, 1.54) is 0 Å². The summed E-state index contributed by atoms with van der Waals surface area (Å²) in [5.41, 5.74) is 2.75. The van der Waals surface area contributed by atoms with Crippen LogP contribution >= 0.6 is 23.2 Å². The molecule has 4 rings (SSSR count). The smallest absolute Gasteiger partial charge is 0.323 e. The van der Waals surface area contributed by atoms with E-state index in [2.05, 4.69) is 20.7 Å². The highest BCUT2D eigenvalue weighted by molar-refractivity contribution is 6.42. The third-order valence-electron chi connectivity index (χ3n) is 7.12. The van der Waals surface area contributed by atoms with Crippen molar-refractivity contribution in [1.82, 2.24) is 15.0 Å². The summed E-state index contributed by atoms with van der Waals surface area (Å²) in [7, 11) is 1.99. The summed E-state index contributed by atoms with van der Waals surface area (Å²) < 4.78 is 11.6. The van der Waals surface area contributed by atoms with Gasteiger partial charge in [-0.3, -0.25) is 9.69 Å². The highest BCUT2D eigenvalue weighted by atomic mass is 35.5. The number of carbonyl (C=O) groups is 2. The monoisotopic (exact) mass is 603 g/mol. The highest BCUT2D eigenvalue weighted by Gasteiger charge is 2.33. The fourth-order valence-corrected chi connectivity index (χ4v) is 5.10. The maximum absolute atomic E-state index is 13.7. The van der Waals surface area contributed by atoms with E-state index < -0.39 is 12.1 Å². The van der Waals surface area contributed by atoms with Crippen molar-refractivity contribution in [2.45, 2.75) is 46.4 Å². The first kappa shape index (κ1) is 30.6. The van der Waals surface area contributed by atoms with E-state index in [-0.39, 0.29) is 24.5 Å². The van der Waals surface area contributed by atoms with Crippen molar-refractivity contribution >= 4 is 46.5 Å². The first-order valence-corrected chi connectivity index (χ1v) is 14.1. The van der Waals surface area contributed by atoms with Gasteiger partial charge >= 0.3 is 6.03 Å². The molecule has 0 fully saturated rings. The van der Waals surface area contributed by atoms with Crippen molar-refractivity contribution in [3.63, 3.8) is 0 Å². The zero-order valence-corrected chi connectivity index (χ0v) is 25.2. The molecule has 2 heterocycles. The summed E-state index contributed by atoms with van der Waals surface area (Å²) in [5, 5.41) is 20.3. The van der Waals surface area contributed by atoms with Crippen LogP contribution in [0.3, 0.4) is 0 Å². The van der Waals surface area contributed by atoms with Gasteiger partial charge in [-0.05, 0) is 63.7 Å². The second kappa shape index (κ2) is 13.1. The molecule has 0 unspecified atom stereocenters. The molecule has 0 saturated carbocycles. The largest absolute Gasteiger partial charge is 0.488 e. The number of hydrogen-bond donors (Lipinski definition) is 3. The lowest BCUT2D eigenvalue weighted by Crippen LogP contribution is -2.49. The van der Waals surface area contributed by atoms with E-state index in [0.29, 0.717) is 63.8 Å². The standard InChI is InChI=1S/C29H35Cl2N5O5/c1-16-12-36(17(2)15-37)28(38)22-11-21(32-29(39)33-27-18(3)34-41-19(27)4)7-9-25(22)40-26(16)14-35(5)13-20-6-8-23(30)24(31)10-20/h6-11,16-17,26,37H,12-15H2,1-5H3,(H2,32,33,39)/t16-,17+,26+/m1/s1. The van der Waals surface area contributed by atoms with E-state index >= 15 is 0 Å². The zero-order chi connectivity index (χ0) is 29.8. The Hall–Kier alpha value is -3.31. The Morgan fingerprint density at radius 2 is 1.95 bits per heavy atom. The van der Waals surface area contributed by atoms with Gasteiger partial charge in [0.25, 0.3) is 5.91 Å². The molecular formula is C29H35Cl2N5O5. The van der Waals surface area contributed by atoms with Crippen LogP contribution in [0.4, 0.5) is 16.2 Å². The molecule has 0 aliphatic carbocycles. The van der Waals surface area contributed by atoms with Crippen LogP contribution in [0.1, 0.15) is 41.2 Å². The number of hydrogen-bond acceptors (Lipinski definition) is 7. The van der Waals surface area contributed by atoms with Crippen LogP contribution in [0, 0.1) is 19.8 Å². The number of aromatic nitrogens is 1. The number of aliphatic hydroxyl groups excluding tert-OH is 1. The maximum atomic E-state index is 13.7. The minimum atomic E-state index is -0.505. The summed E-state index contributed by atoms with van der Waals surface area (Å²) in [6, 6.07) is 9.60. The number of rotatable bonds is 8. The Balaban J connectivity index is 1.57. The number of ether oxygens (including phenoxy) is 1. The van der Waals surface area contributed by atoms with Gasteiger partial charge in [-0.25, -0.2) is 4.79 Å². The zero-order valence-electron chi connectivity index (χ0n) is 23.7. The quantitative estimate of drug-likeness (QED) is 0.307. The lowest BCUT2D eigenvalue weighted by Gasteiger charge is -2.38. The summed E-state index contributed by atoms with van der Waals surface area (Å²) in [4.78, 5) is 30.2. The summed E-state index contributed by atoms with van der Waals surface area (Å²) in [6.07, 6.45) is -0.273. The minimum absolute atomic E-state index is 0.0454. The molecule has 0 radical (unpaired) electrons. The van der Waals surface area contributed by atoms with E-state index in [4.69, 9.17) is 32.5 Å². The number of likely N-dealkylation sites (N-methyl/N-ethyl adjacent to an activating group) is 1. The van der Waals surface area contributed by atoms with E-state index in [0.717, 1.165) is 5.56 Å². The van der Waals surface area contributed by atoms with E-state index in [1.807, 2.05) is 26.1 Å². The molecule has 3 amide bonds. The molecule has 1 aliphatic heterocycles. The molecule has 0 spiro atoms. The number of halogens is 2. The highest BCUT2D eigenvalue weighted by Crippen LogP contribution is 2.31. The Kier molecular flexibility index (Phi) is 9.80. The number of benzene rings is 2. The van der Waals surface area contributed by atoms with Crippen molar-refractivity contribution in [3.8, 4) is 5.75 Å². The fraction of sp³-hybridized carbons (Fsp3) is 0.414. The molecular weight excluding hydrogens is 569 g/mol. The molecule has 10 nitrogen and oxygen atoms in total. The third-order valence-corrected chi connectivity index (χ3v) is 7.86. The number of aliphatic hydroxyl groups is 1. The van der Waals surface area contributed by atoms with Gasteiger partial charge in [-0.1, -0.05) is 41.3 Å². The molecule has 2 aromatic carbocycles. The van der Waals surface area contributed by atoms with Crippen molar-refractivity contribution < 1.29 is 24.0 Å². The van der Waals surface area contributed by atoms with Crippen LogP contribution < -0.4 is 15.4 Å². The van der Waals surface area contributed by atoms with Gasteiger partial charge in [0, 0.05) is 31.2 Å². The second-order valence-electron chi connectivity index (χ2n) is 10.6. The van der Waals surface area contributed by atoms with Crippen LogP contribution in [0.25, 0.3) is 0 Å². The Labute approximate surface area is 249 Å². The van der Waals surface area contributed by atoms with Crippen LogP contribution in [0.5, 0.6) is 5.75 Å². The van der Waals surface area contributed by atoms with Crippen molar-refractivity contribution in [2.24, 2.45) is 5.92 Å². The molecule has 3 aromatic rings. The van der Waals surface area contributed by atoms with Gasteiger partial charge < -0.3 is 29.9 Å². The number of amides is 3.